The van der Waals surface area contributed by atoms with E-state index >= 15 is 0 Å². The van der Waals surface area contributed by atoms with Gasteiger partial charge in [-0.05, 0) is 33.2 Å². The summed E-state index contributed by atoms with van der Waals surface area (Å²) in [6.07, 6.45) is 1.34. The zero-order valence-electron chi connectivity index (χ0n) is 12.6. The van der Waals surface area contributed by atoms with E-state index in [9.17, 15) is 18.3 Å². The van der Waals surface area contributed by atoms with Gasteiger partial charge in [0.15, 0.2) is 9.84 Å². The van der Waals surface area contributed by atoms with Gasteiger partial charge in [-0.1, -0.05) is 6.92 Å². The third-order valence-corrected chi connectivity index (χ3v) is 5.74. The normalized spacial score (nSPS) is 26.1. The molecule has 1 fully saturated rings. The highest BCUT2D eigenvalue weighted by Crippen LogP contribution is 2.16. The second kappa shape index (κ2) is 6.87. The number of nitrogens with one attached hydrogen (secondary N) is 1. The van der Waals surface area contributed by atoms with Crippen LogP contribution in [0.1, 0.15) is 33.6 Å². The van der Waals surface area contributed by atoms with Crippen LogP contribution in [0.15, 0.2) is 0 Å². The Morgan fingerprint density at radius 1 is 1.50 bits per heavy atom. The highest BCUT2D eigenvalue weighted by molar-refractivity contribution is 7.91. The first-order valence-electron chi connectivity index (χ1n) is 7.13. The second-order valence-corrected chi connectivity index (χ2v) is 8.04. The molecule has 0 saturated carbocycles. The first-order chi connectivity index (χ1) is 9.20. The van der Waals surface area contributed by atoms with Gasteiger partial charge in [-0.2, -0.15) is 0 Å². The van der Waals surface area contributed by atoms with Gasteiger partial charge in [0, 0.05) is 19.1 Å². The van der Waals surface area contributed by atoms with Crippen molar-refractivity contribution in [2.75, 3.05) is 31.1 Å². The maximum absolute atomic E-state index is 11.5. The molecule has 1 rings (SSSR count). The Labute approximate surface area is 121 Å². The van der Waals surface area contributed by atoms with E-state index in [1.54, 1.807) is 6.92 Å². The fourth-order valence-electron chi connectivity index (χ4n) is 2.40. The van der Waals surface area contributed by atoms with Crippen molar-refractivity contribution in [3.8, 4) is 0 Å². The molecule has 0 aliphatic carbocycles. The summed E-state index contributed by atoms with van der Waals surface area (Å²) in [6, 6.07) is -0.0435. The summed E-state index contributed by atoms with van der Waals surface area (Å²) >= 11 is 0. The van der Waals surface area contributed by atoms with Gasteiger partial charge in [-0.25, -0.2) is 8.42 Å². The van der Waals surface area contributed by atoms with E-state index in [2.05, 4.69) is 10.2 Å². The van der Waals surface area contributed by atoms with Crippen LogP contribution in [0.5, 0.6) is 0 Å². The van der Waals surface area contributed by atoms with Crippen LogP contribution in [0.4, 0.5) is 0 Å². The SMILES string of the molecule is CCCNC(C)(CCN1CCS(=O)(=O)CC1C)C(=O)O. The number of hydrogen-bond donors (Lipinski definition) is 2. The van der Waals surface area contributed by atoms with Crippen LogP contribution in [0.2, 0.25) is 0 Å². The van der Waals surface area contributed by atoms with Crippen LogP contribution >= 0.6 is 0 Å². The molecule has 6 nitrogen and oxygen atoms in total. The van der Waals surface area contributed by atoms with Crippen LogP contribution in [-0.2, 0) is 14.6 Å². The van der Waals surface area contributed by atoms with Gasteiger partial charge in [-0.3, -0.25) is 9.69 Å². The van der Waals surface area contributed by atoms with E-state index in [1.807, 2.05) is 13.8 Å². The molecule has 2 N–H and O–H groups in total. The molecule has 0 bridgehead atoms. The van der Waals surface area contributed by atoms with E-state index in [4.69, 9.17) is 0 Å². The van der Waals surface area contributed by atoms with Gasteiger partial charge < -0.3 is 10.4 Å². The molecule has 0 radical (unpaired) electrons. The molecule has 2 atom stereocenters. The van der Waals surface area contributed by atoms with E-state index in [-0.39, 0.29) is 17.5 Å². The van der Waals surface area contributed by atoms with Gasteiger partial charge >= 0.3 is 5.97 Å². The average Bonchev–Trinajstić information content (AvgIpc) is 2.34. The fourth-order valence-corrected chi connectivity index (χ4v) is 4.03. The van der Waals surface area contributed by atoms with Crippen molar-refractivity contribution in [3.63, 3.8) is 0 Å². The van der Waals surface area contributed by atoms with Crippen molar-refractivity contribution in [2.45, 2.75) is 45.2 Å². The quantitative estimate of drug-likeness (QED) is 0.705. The van der Waals surface area contributed by atoms with Crippen LogP contribution in [0.3, 0.4) is 0 Å². The third-order valence-electron chi connectivity index (χ3n) is 3.94. The predicted octanol–water partition coefficient (Wildman–Crippen LogP) is 0.338. The molecule has 0 amide bonds. The van der Waals surface area contributed by atoms with Gasteiger partial charge in [-0.15, -0.1) is 0 Å². The fraction of sp³-hybridized carbons (Fsp3) is 0.923. The van der Waals surface area contributed by atoms with E-state index < -0.39 is 21.3 Å². The first-order valence-corrected chi connectivity index (χ1v) is 8.95. The number of carbonyl (C=O) groups is 1. The Balaban J connectivity index is 2.58. The maximum atomic E-state index is 11.5. The molecule has 0 spiro atoms. The topological polar surface area (TPSA) is 86.7 Å². The van der Waals surface area contributed by atoms with E-state index in [0.717, 1.165) is 6.42 Å². The molecule has 7 heteroatoms. The molecule has 0 aromatic heterocycles. The Kier molecular flexibility index (Phi) is 5.97. The molecule has 118 valence electrons. The maximum Gasteiger partial charge on any atom is 0.323 e. The lowest BCUT2D eigenvalue weighted by molar-refractivity contribution is -0.144. The Morgan fingerprint density at radius 2 is 2.15 bits per heavy atom. The number of nitrogens with zero attached hydrogens (tertiary/aromatic N) is 1. The lowest BCUT2D eigenvalue weighted by Crippen LogP contribution is -2.54. The lowest BCUT2D eigenvalue weighted by atomic mass is 9.97. The number of sulfone groups is 1. The lowest BCUT2D eigenvalue weighted by Gasteiger charge is -2.35. The Hall–Kier alpha value is -0.660. The predicted molar refractivity (Wildman–Crippen MR) is 78.6 cm³/mol. The molecule has 1 saturated heterocycles. The summed E-state index contributed by atoms with van der Waals surface area (Å²) in [4.78, 5) is 13.5. The highest BCUT2D eigenvalue weighted by atomic mass is 32.2. The van der Waals surface area contributed by atoms with Gasteiger partial charge in [0.1, 0.15) is 5.54 Å². The Bertz CT molecular complexity index is 438. The monoisotopic (exact) mass is 306 g/mol. The second-order valence-electron chi connectivity index (χ2n) is 5.81. The molecular formula is C13H26N2O4S. The smallest absolute Gasteiger partial charge is 0.323 e. The number of hydrogen-bond acceptors (Lipinski definition) is 5. The molecule has 2 unspecified atom stereocenters. The molecule has 1 heterocycles. The standard InChI is InChI=1S/C13H26N2O4S/c1-4-6-14-13(3,12(16)17)5-7-15-8-9-20(18,19)10-11(15)2/h11,14H,4-10H2,1-3H3,(H,16,17). The van der Waals surface area contributed by atoms with Crippen molar-refractivity contribution in [1.29, 1.82) is 0 Å². The average molecular weight is 306 g/mol. The highest BCUT2D eigenvalue weighted by Gasteiger charge is 2.34. The minimum absolute atomic E-state index is 0.0435. The number of aliphatic carboxylic acids is 1. The zero-order valence-corrected chi connectivity index (χ0v) is 13.4. The van der Waals surface area contributed by atoms with Crippen LogP contribution in [0, 0.1) is 0 Å². The number of carboxylic acids is 1. The Morgan fingerprint density at radius 3 is 2.65 bits per heavy atom. The largest absolute Gasteiger partial charge is 0.480 e. The van der Waals surface area contributed by atoms with Crippen LogP contribution in [-0.4, -0.2) is 67.1 Å². The van der Waals surface area contributed by atoms with E-state index in [0.29, 0.717) is 26.1 Å². The summed E-state index contributed by atoms with van der Waals surface area (Å²) in [7, 11) is -2.92. The molecule has 0 aromatic rings. The van der Waals surface area contributed by atoms with Crippen molar-refractivity contribution in [1.82, 2.24) is 10.2 Å². The first kappa shape index (κ1) is 17.4. The van der Waals surface area contributed by atoms with Gasteiger partial charge in [0.25, 0.3) is 0 Å². The number of rotatable bonds is 7. The molecule has 20 heavy (non-hydrogen) atoms. The van der Waals surface area contributed by atoms with Crippen LogP contribution in [0.25, 0.3) is 0 Å². The van der Waals surface area contributed by atoms with Crippen molar-refractivity contribution < 1.29 is 18.3 Å². The molecule has 1 aliphatic heterocycles. The summed E-state index contributed by atoms with van der Waals surface area (Å²) < 4.78 is 23.0. The summed E-state index contributed by atoms with van der Waals surface area (Å²) in [5.74, 6) is -0.522. The summed E-state index contributed by atoms with van der Waals surface area (Å²) in [6.45, 7) is 7.31. The molecular weight excluding hydrogens is 280 g/mol. The summed E-state index contributed by atoms with van der Waals surface area (Å²) in [5.41, 5.74) is -0.952. The summed E-state index contributed by atoms with van der Waals surface area (Å²) in [5, 5.41) is 12.4. The molecule has 1 aliphatic rings. The molecule has 0 aromatic carbocycles. The van der Waals surface area contributed by atoms with Crippen molar-refractivity contribution >= 4 is 15.8 Å². The third kappa shape index (κ3) is 4.71. The van der Waals surface area contributed by atoms with E-state index in [1.165, 1.54) is 0 Å². The zero-order chi connectivity index (χ0) is 15.4. The van der Waals surface area contributed by atoms with Crippen molar-refractivity contribution in [3.05, 3.63) is 0 Å². The van der Waals surface area contributed by atoms with Gasteiger partial charge in [0.2, 0.25) is 0 Å². The minimum Gasteiger partial charge on any atom is -0.480 e. The van der Waals surface area contributed by atoms with Gasteiger partial charge in [0.05, 0.1) is 11.5 Å². The van der Waals surface area contributed by atoms with Crippen molar-refractivity contribution in [2.24, 2.45) is 0 Å². The number of carboxylic acid groups (broad SMARTS) is 1. The van der Waals surface area contributed by atoms with Crippen LogP contribution < -0.4 is 5.32 Å². The minimum atomic E-state index is -2.92.